The number of methoxy groups -OCH3 is 2. The highest BCUT2D eigenvalue weighted by atomic mass is 16.5. The lowest BCUT2D eigenvalue weighted by Crippen LogP contribution is -2.14. The van der Waals surface area contributed by atoms with E-state index in [-0.39, 0.29) is 23.5 Å². The van der Waals surface area contributed by atoms with Gasteiger partial charge in [0, 0.05) is 0 Å². The van der Waals surface area contributed by atoms with Crippen LogP contribution in [0.3, 0.4) is 0 Å². The maximum Gasteiger partial charge on any atom is 0.342 e. The molecule has 5 aromatic carbocycles. The summed E-state index contributed by atoms with van der Waals surface area (Å²) in [5, 5.41) is 0. The predicted molar refractivity (Wildman–Crippen MR) is 164 cm³/mol. The molecule has 0 unspecified atom stereocenters. The van der Waals surface area contributed by atoms with Crippen molar-refractivity contribution in [2.45, 2.75) is 6.61 Å². The molecule has 0 aliphatic rings. The molecule has 0 aliphatic heterocycles. The molecule has 0 heterocycles. The van der Waals surface area contributed by atoms with E-state index in [0.29, 0.717) is 0 Å². The van der Waals surface area contributed by atoms with Crippen molar-refractivity contribution in [2.75, 3.05) is 14.2 Å². The van der Waals surface area contributed by atoms with Crippen LogP contribution in [0.4, 0.5) is 0 Å². The second-order valence-corrected chi connectivity index (χ2v) is 9.50. The van der Waals surface area contributed by atoms with Gasteiger partial charge in [-0.1, -0.05) is 121 Å². The molecule has 5 aromatic rings. The van der Waals surface area contributed by atoms with Gasteiger partial charge >= 0.3 is 11.9 Å². The van der Waals surface area contributed by atoms with Gasteiger partial charge in [0.1, 0.15) is 17.9 Å². The summed E-state index contributed by atoms with van der Waals surface area (Å²) in [7, 11) is 2.52. The summed E-state index contributed by atoms with van der Waals surface area (Å²) in [5.41, 5.74) is 7.66. The molecule has 42 heavy (non-hydrogen) atoms. The van der Waals surface area contributed by atoms with Crippen LogP contribution in [0, 0.1) is 0 Å². The molecule has 0 aliphatic carbocycles. The summed E-state index contributed by atoms with van der Waals surface area (Å²) in [6, 6.07) is 44.1. The molecular formula is C37H30O5. The Morgan fingerprint density at radius 2 is 0.952 bits per heavy atom. The molecule has 5 heteroatoms. The number of benzene rings is 5. The van der Waals surface area contributed by atoms with E-state index in [1.54, 1.807) is 12.1 Å². The minimum absolute atomic E-state index is 0.0353. The summed E-state index contributed by atoms with van der Waals surface area (Å²) in [6.45, 7) is 0.184. The van der Waals surface area contributed by atoms with Crippen molar-refractivity contribution in [3.8, 4) is 5.75 Å². The van der Waals surface area contributed by atoms with E-state index in [4.69, 9.17) is 14.2 Å². The van der Waals surface area contributed by atoms with Crippen LogP contribution in [-0.2, 0) is 16.1 Å². The predicted octanol–water partition coefficient (Wildman–Crippen LogP) is 7.85. The largest absolute Gasteiger partial charge is 0.488 e. The number of carbonyl (C=O) groups excluding carboxylic acids is 2. The van der Waals surface area contributed by atoms with Gasteiger partial charge in [-0.05, 0) is 51.1 Å². The summed E-state index contributed by atoms with van der Waals surface area (Å²) < 4.78 is 15.8. The lowest BCUT2D eigenvalue weighted by molar-refractivity contribution is 0.0550. The first-order chi connectivity index (χ1) is 20.6. The van der Waals surface area contributed by atoms with E-state index in [1.165, 1.54) is 20.3 Å². The first-order valence-electron chi connectivity index (χ1n) is 13.5. The fourth-order valence-electron chi connectivity index (χ4n) is 4.90. The van der Waals surface area contributed by atoms with Gasteiger partial charge in [-0.25, -0.2) is 9.59 Å². The third kappa shape index (κ3) is 6.16. The first kappa shape index (κ1) is 28.1. The Hall–Kier alpha value is -5.42. The van der Waals surface area contributed by atoms with Crippen LogP contribution in [-0.4, -0.2) is 26.2 Å². The minimum Gasteiger partial charge on any atom is -0.488 e. The van der Waals surface area contributed by atoms with E-state index >= 15 is 0 Å². The molecular weight excluding hydrogens is 524 g/mol. The molecule has 0 saturated carbocycles. The molecule has 0 spiro atoms. The Morgan fingerprint density at radius 3 is 1.40 bits per heavy atom. The quantitative estimate of drug-likeness (QED) is 0.137. The van der Waals surface area contributed by atoms with Gasteiger partial charge in [-0.3, -0.25) is 0 Å². The summed E-state index contributed by atoms with van der Waals surface area (Å²) >= 11 is 0. The van der Waals surface area contributed by atoms with Crippen LogP contribution in [0.1, 0.15) is 48.5 Å². The zero-order valence-corrected chi connectivity index (χ0v) is 23.5. The van der Waals surface area contributed by atoms with Gasteiger partial charge in [-0.15, -0.1) is 0 Å². The van der Waals surface area contributed by atoms with Gasteiger partial charge in [0.25, 0.3) is 0 Å². The van der Waals surface area contributed by atoms with E-state index < -0.39 is 11.9 Å². The number of rotatable bonds is 9. The molecule has 5 nitrogen and oxygen atoms in total. The van der Waals surface area contributed by atoms with Crippen LogP contribution in [0.5, 0.6) is 5.75 Å². The van der Waals surface area contributed by atoms with Crippen molar-refractivity contribution in [1.29, 1.82) is 0 Å². The number of esters is 2. The highest BCUT2D eigenvalue weighted by Gasteiger charge is 2.23. The van der Waals surface area contributed by atoms with Gasteiger partial charge in [0.05, 0.1) is 19.8 Å². The first-order valence-corrected chi connectivity index (χ1v) is 13.5. The molecule has 0 bridgehead atoms. The molecule has 0 amide bonds. The average Bonchev–Trinajstić information content (AvgIpc) is 3.06. The molecule has 5 rings (SSSR count). The van der Waals surface area contributed by atoms with Crippen LogP contribution < -0.4 is 4.74 Å². The van der Waals surface area contributed by atoms with Crippen LogP contribution in [0.2, 0.25) is 0 Å². The molecule has 0 aromatic heterocycles. The van der Waals surface area contributed by atoms with Crippen molar-refractivity contribution < 1.29 is 23.8 Å². The fraction of sp³-hybridized carbons (Fsp3) is 0.0811. The SMILES string of the molecule is COC(=O)c1cccc(OCc2ccc(C(=C(c3ccccc3)c3ccccc3)c3ccccc3)cc2)c1C(=O)OC. The highest BCUT2D eigenvalue weighted by Crippen LogP contribution is 2.37. The summed E-state index contributed by atoms with van der Waals surface area (Å²) in [6.07, 6.45) is 0. The van der Waals surface area contributed by atoms with E-state index in [0.717, 1.165) is 39.0 Å². The molecule has 0 N–H and O–H groups in total. The van der Waals surface area contributed by atoms with Crippen molar-refractivity contribution in [3.05, 3.63) is 172 Å². The van der Waals surface area contributed by atoms with Crippen LogP contribution in [0.25, 0.3) is 11.1 Å². The molecule has 0 radical (unpaired) electrons. The van der Waals surface area contributed by atoms with E-state index in [1.807, 2.05) is 42.5 Å². The van der Waals surface area contributed by atoms with Crippen LogP contribution in [0.15, 0.2) is 133 Å². The number of hydrogen-bond acceptors (Lipinski definition) is 5. The average molecular weight is 555 g/mol. The summed E-state index contributed by atoms with van der Waals surface area (Å²) in [4.78, 5) is 24.8. The Bertz CT molecular complexity index is 1650. The minimum atomic E-state index is -0.673. The Morgan fingerprint density at radius 1 is 0.500 bits per heavy atom. The van der Waals surface area contributed by atoms with Crippen LogP contribution >= 0.6 is 0 Å². The zero-order chi connectivity index (χ0) is 29.3. The molecule has 0 fully saturated rings. The zero-order valence-electron chi connectivity index (χ0n) is 23.5. The van der Waals surface area contributed by atoms with Crippen molar-refractivity contribution in [1.82, 2.24) is 0 Å². The van der Waals surface area contributed by atoms with Crippen molar-refractivity contribution >= 4 is 23.1 Å². The number of hydrogen-bond donors (Lipinski definition) is 0. The Kier molecular flexibility index (Phi) is 8.90. The van der Waals surface area contributed by atoms with E-state index in [9.17, 15) is 9.59 Å². The monoisotopic (exact) mass is 554 g/mol. The van der Waals surface area contributed by atoms with Crippen molar-refractivity contribution in [2.24, 2.45) is 0 Å². The normalized spacial score (nSPS) is 10.4. The Labute approximate surface area is 245 Å². The van der Waals surface area contributed by atoms with Gasteiger partial charge in [0.15, 0.2) is 0 Å². The molecule has 0 atom stereocenters. The summed E-state index contributed by atoms with van der Waals surface area (Å²) in [5.74, 6) is -1.07. The van der Waals surface area contributed by atoms with Gasteiger partial charge < -0.3 is 14.2 Å². The standard InChI is InChI=1S/C37H30O5/c1-40-36(38)31-19-12-20-32(35(31)37(39)41-2)42-25-26-21-23-30(24-22-26)34(29-17-10-5-11-18-29)33(27-13-6-3-7-14-27)28-15-8-4-9-16-28/h3-24H,25H2,1-2H3. The van der Waals surface area contributed by atoms with Crippen molar-refractivity contribution in [3.63, 3.8) is 0 Å². The second kappa shape index (κ2) is 13.3. The molecule has 0 saturated heterocycles. The van der Waals surface area contributed by atoms with Gasteiger partial charge in [0.2, 0.25) is 0 Å². The fourth-order valence-corrected chi connectivity index (χ4v) is 4.90. The molecule has 208 valence electrons. The maximum atomic E-state index is 12.5. The third-order valence-electron chi connectivity index (χ3n) is 6.90. The third-order valence-corrected chi connectivity index (χ3v) is 6.90. The topological polar surface area (TPSA) is 61.8 Å². The van der Waals surface area contributed by atoms with Gasteiger partial charge in [-0.2, -0.15) is 0 Å². The lowest BCUT2D eigenvalue weighted by Gasteiger charge is -2.18. The van der Waals surface area contributed by atoms with E-state index in [2.05, 4.69) is 72.8 Å². The smallest absolute Gasteiger partial charge is 0.342 e. The highest BCUT2D eigenvalue weighted by molar-refractivity contribution is 6.05. The number of ether oxygens (including phenoxy) is 3. The Balaban J connectivity index is 1.54. The lowest BCUT2D eigenvalue weighted by atomic mass is 9.85. The second-order valence-electron chi connectivity index (χ2n) is 9.50. The number of carbonyl (C=O) groups is 2. The maximum absolute atomic E-state index is 12.5.